The maximum absolute atomic E-state index is 6.20. The summed E-state index contributed by atoms with van der Waals surface area (Å²) in [5, 5.41) is 7.29. The third-order valence-corrected chi connectivity index (χ3v) is 6.72. The Bertz CT molecular complexity index is 542. The van der Waals surface area contributed by atoms with Gasteiger partial charge in [-0.25, -0.2) is 0 Å². The first kappa shape index (κ1) is 29.5. The van der Waals surface area contributed by atoms with Crippen molar-refractivity contribution in [2.24, 2.45) is 0 Å². The fraction of sp³-hybridized carbons (Fsp3) is 1.00. The number of nitrogens with zero attached hydrogens (tertiary/aromatic N) is 5. The largest absolute Gasteiger partial charge is 0.377 e. The Morgan fingerprint density at radius 3 is 1.46 bits per heavy atom. The molecule has 0 saturated carbocycles. The van der Waals surface area contributed by atoms with Crippen LogP contribution in [-0.4, -0.2) is 183 Å². The fourth-order valence-corrected chi connectivity index (χ4v) is 5.00. The lowest BCUT2D eigenvalue weighted by Gasteiger charge is -2.49. The van der Waals surface area contributed by atoms with Crippen LogP contribution in [0.1, 0.15) is 0 Å². The van der Waals surface area contributed by atoms with Crippen molar-refractivity contribution >= 4 is 0 Å². The van der Waals surface area contributed by atoms with Crippen LogP contribution in [0.3, 0.4) is 0 Å². The van der Waals surface area contributed by atoms with Crippen molar-refractivity contribution in [3.63, 3.8) is 0 Å². The van der Waals surface area contributed by atoms with Gasteiger partial charge in [0.2, 0.25) is 0 Å². The molecule has 0 radical (unpaired) electrons. The molecule has 1 unspecified atom stereocenters. The van der Waals surface area contributed by atoms with Crippen molar-refractivity contribution < 1.29 is 28.4 Å². The number of ether oxygens (including phenoxy) is 6. The SMILES string of the molecule is C1CN2CN3CN(CCNCN(CC4COCCOCCOCCOCCOCCO4)CN1)CN(C2)C3. The Kier molecular flexibility index (Phi) is 14.3. The number of hydrogen-bond donors (Lipinski definition) is 2. The van der Waals surface area contributed by atoms with Crippen molar-refractivity contribution in [2.45, 2.75) is 6.10 Å². The molecule has 5 aliphatic heterocycles. The van der Waals surface area contributed by atoms with Gasteiger partial charge in [0.25, 0.3) is 0 Å². The average molecular weight is 532 g/mol. The second kappa shape index (κ2) is 17.9. The molecule has 0 aliphatic carbocycles. The molecule has 0 spiro atoms. The summed E-state index contributed by atoms with van der Waals surface area (Å²) < 4.78 is 34.4. The van der Waals surface area contributed by atoms with Crippen LogP contribution in [0, 0.1) is 0 Å². The molecule has 0 aromatic heterocycles. The van der Waals surface area contributed by atoms with E-state index in [0.717, 1.165) is 79.4 Å². The van der Waals surface area contributed by atoms with Crippen LogP contribution in [0.15, 0.2) is 0 Å². The summed E-state index contributed by atoms with van der Waals surface area (Å²) in [6, 6.07) is 0. The Morgan fingerprint density at radius 1 is 0.514 bits per heavy atom. The van der Waals surface area contributed by atoms with E-state index < -0.39 is 0 Å². The molecule has 5 aliphatic rings. The molecule has 37 heavy (non-hydrogen) atoms. The molecule has 216 valence electrons. The van der Waals surface area contributed by atoms with Gasteiger partial charge in [0.05, 0.1) is 112 Å². The van der Waals surface area contributed by atoms with Crippen molar-refractivity contribution in [3.8, 4) is 0 Å². The highest BCUT2D eigenvalue weighted by molar-refractivity contribution is 4.76. The summed E-state index contributed by atoms with van der Waals surface area (Å²) >= 11 is 0. The second-order valence-corrected chi connectivity index (χ2v) is 10.0. The van der Waals surface area contributed by atoms with Gasteiger partial charge in [0.1, 0.15) is 0 Å². The van der Waals surface area contributed by atoms with Crippen LogP contribution in [0.2, 0.25) is 0 Å². The topological polar surface area (TPSA) is 95.6 Å². The van der Waals surface area contributed by atoms with E-state index in [0.29, 0.717) is 72.7 Å². The lowest BCUT2D eigenvalue weighted by atomic mass is 10.3. The van der Waals surface area contributed by atoms with E-state index in [1.54, 1.807) is 0 Å². The molecule has 2 N–H and O–H groups in total. The molecule has 1 atom stereocenters. The molecular formula is C24H49N7O6. The Morgan fingerprint density at radius 2 is 0.946 bits per heavy atom. The normalized spacial score (nSPS) is 35.8. The first-order valence-electron chi connectivity index (χ1n) is 13.9. The highest BCUT2D eigenvalue weighted by Crippen LogP contribution is 2.14. The highest BCUT2D eigenvalue weighted by Gasteiger charge is 2.30. The lowest BCUT2D eigenvalue weighted by molar-refractivity contribution is -0.120. The van der Waals surface area contributed by atoms with Gasteiger partial charge in [0.15, 0.2) is 0 Å². The minimum atomic E-state index is -0.0517. The van der Waals surface area contributed by atoms with Gasteiger partial charge in [0, 0.05) is 46.1 Å². The summed E-state index contributed by atoms with van der Waals surface area (Å²) in [5.41, 5.74) is 0. The van der Waals surface area contributed by atoms with Crippen molar-refractivity contribution in [1.82, 2.24) is 35.1 Å². The van der Waals surface area contributed by atoms with Gasteiger partial charge in [-0.1, -0.05) is 0 Å². The summed E-state index contributed by atoms with van der Waals surface area (Å²) in [6.45, 7) is 17.7. The quantitative estimate of drug-likeness (QED) is 0.408. The molecule has 0 aromatic carbocycles. The molecule has 5 rings (SSSR count). The molecule has 13 nitrogen and oxygen atoms in total. The van der Waals surface area contributed by atoms with Gasteiger partial charge in [-0.05, 0) is 0 Å². The van der Waals surface area contributed by atoms with E-state index >= 15 is 0 Å². The summed E-state index contributed by atoms with van der Waals surface area (Å²) in [4.78, 5) is 12.5. The summed E-state index contributed by atoms with van der Waals surface area (Å²) in [5.74, 6) is 0. The molecule has 0 aromatic rings. The van der Waals surface area contributed by atoms with Gasteiger partial charge in [-0.15, -0.1) is 0 Å². The van der Waals surface area contributed by atoms with Crippen LogP contribution in [-0.2, 0) is 28.4 Å². The zero-order valence-corrected chi connectivity index (χ0v) is 22.5. The van der Waals surface area contributed by atoms with E-state index in [2.05, 4.69) is 35.1 Å². The van der Waals surface area contributed by atoms with Gasteiger partial charge in [-0.3, -0.25) is 24.5 Å². The monoisotopic (exact) mass is 531 g/mol. The number of nitrogens with one attached hydrogen (secondary N) is 2. The lowest BCUT2D eigenvalue weighted by Crippen LogP contribution is -2.65. The van der Waals surface area contributed by atoms with E-state index in [1.165, 1.54) is 0 Å². The van der Waals surface area contributed by atoms with Crippen LogP contribution in [0.4, 0.5) is 0 Å². The third-order valence-electron chi connectivity index (χ3n) is 6.72. The minimum absolute atomic E-state index is 0.0517. The molecule has 13 heteroatoms. The predicted octanol–water partition coefficient (Wildman–Crippen LogP) is -2.10. The number of fused-ring (bicyclic) bond motifs is 8. The average Bonchev–Trinajstić information content (AvgIpc) is 2.89. The van der Waals surface area contributed by atoms with E-state index in [4.69, 9.17) is 28.4 Å². The standard InChI is InChI=1S/C24H49N7O6/c1-3-27-19-30-21-28(22-31(20-27)23-30)4-2-26-18-29(17-25-1)15-24-16-36-12-11-34-8-7-32-5-6-33-9-10-35-13-14-37-24/h24-26H,1-23H2. The van der Waals surface area contributed by atoms with Crippen LogP contribution < -0.4 is 10.6 Å². The molecule has 4 bridgehead atoms. The van der Waals surface area contributed by atoms with E-state index in [9.17, 15) is 0 Å². The second-order valence-electron chi connectivity index (χ2n) is 10.0. The molecule has 0 amide bonds. The van der Waals surface area contributed by atoms with Crippen LogP contribution in [0.5, 0.6) is 0 Å². The smallest absolute Gasteiger partial charge is 0.0937 e. The van der Waals surface area contributed by atoms with Gasteiger partial charge >= 0.3 is 0 Å². The Labute approximate surface area is 222 Å². The first-order valence-corrected chi connectivity index (χ1v) is 13.9. The maximum Gasteiger partial charge on any atom is 0.0937 e. The van der Waals surface area contributed by atoms with Crippen molar-refractivity contribution in [2.75, 3.05) is 152 Å². The van der Waals surface area contributed by atoms with Crippen molar-refractivity contribution in [1.29, 1.82) is 0 Å². The molecule has 5 fully saturated rings. The summed E-state index contributed by atoms with van der Waals surface area (Å²) in [7, 11) is 0. The first-order chi connectivity index (χ1) is 18.3. The number of rotatable bonds is 2. The Balaban J connectivity index is 1.23. The minimum Gasteiger partial charge on any atom is -0.377 e. The Hall–Kier alpha value is -0.520. The fourth-order valence-electron chi connectivity index (χ4n) is 5.00. The van der Waals surface area contributed by atoms with Crippen LogP contribution in [0.25, 0.3) is 0 Å². The van der Waals surface area contributed by atoms with E-state index in [-0.39, 0.29) is 6.10 Å². The zero-order chi connectivity index (χ0) is 25.4. The molecular weight excluding hydrogens is 482 g/mol. The molecule has 5 heterocycles. The van der Waals surface area contributed by atoms with E-state index in [1.807, 2.05) is 0 Å². The highest BCUT2D eigenvalue weighted by atomic mass is 16.6. The maximum atomic E-state index is 6.20. The predicted molar refractivity (Wildman–Crippen MR) is 138 cm³/mol. The summed E-state index contributed by atoms with van der Waals surface area (Å²) in [6.07, 6.45) is -0.0517. The van der Waals surface area contributed by atoms with Gasteiger partial charge < -0.3 is 39.1 Å². The number of hydrogen-bond acceptors (Lipinski definition) is 13. The third kappa shape index (κ3) is 12.0. The van der Waals surface area contributed by atoms with Crippen LogP contribution >= 0.6 is 0 Å². The zero-order valence-electron chi connectivity index (χ0n) is 22.5. The van der Waals surface area contributed by atoms with Gasteiger partial charge in [-0.2, -0.15) is 0 Å². The van der Waals surface area contributed by atoms with Crippen molar-refractivity contribution in [3.05, 3.63) is 0 Å². The molecule has 5 saturated heterocycles.